The number of halogens is 1. The molecule has 0 aliphatic rings. The summed E-state index contributed by atoms with van der Waals surface area (Å²) in [7, 11) is 3.14. The van der Waals surface area contributed by atoms with Gasteiger partial charge in [0.05, 0.1) is 25.7 Å². The molecule has 0 heterocycles. The summed E-state index contributed by atoms with van der Waals surface area (Å²) < 4.78 is 10.1. The van der Waals surface area contributed by atoms with Crippen molar-refractivity contribution in [2.24, 2.45) is 5.73 Å². The lowest BCUT2D eigenvalue weighted by molar-refractivity contribution is -0.133. The number of rotatable bonds is 10. The third-order valence-electron chi connectivity index (χ3n) is 3.46. The fraction of sp³-hybridized carbons (Fsp3) is 0.500. The summed E-state index contributed by atoms with van der Waals surface area (Å²) in [5, 5.41) is 3.04. The summed E-state index contributed by atoms with van der Waals surface area (Å²) >= 11 is 6.18. The smallest absolute Gasteiger partial charge is 0.312 e. The Morgan fingerprint density at radius 2 is 1.79 bits per heavy atom. The van der Waals surface area contributed by atoms with E-state index in [0.29, 0.717) is 36.9 Å². The predicted octanol–water partition coefficient (Wildman–Crippen LogP) is 1.56. The van der Waals surface area contributed by atoms with Crippen LogP contribution in [-0.2, 0) is 14.3 Å². The monoisotopic (exact) mass is 357 g/mol. The van der Waals surface area contributed by atoms with Crippen LogP contribution >= 0.6 is 11.6 Å². The molecular weight excluding hydrogens is 334 g/mol. The largest absolute Gasteiger partial charge is 0.383 e. The zero-order valence-electron chi connectivity index (χ0n) is 14.0. The summed E-state index contributed by atoms with van der Waals surface area (Å²) in [4.78, 5) is 25.5. The molecule has 1 aromatic carbocycles. The quantitative estimate of drug-likeness (QED) is 0.664. The molecule has 0 saturated heterocycles. The van der Waals surface area contributed by atoms with Gasteiger partial charge in [0.15, 0.2) is 0 Å². The SMILES string of the molecule is COCCN(CCOC)C(=O)CC(NC(N)=O)c1ccccc1Cl. The van der Waals surface area contributed by atoms with Crippen LogP contribution in [0.4, 0.5) is 4.79 Å². The van der Waals surface area contributed by atoms with Gasteiger partial charge in [-0.15, -0.1) is 0 Å². The Balaban J connectivity index is 2.88. The average Bonchev–Trinajstić information content (AvgIpc) is 2.54. The van der Waals surface area contributed by atoms with Gasteiger partial charge in [0, 0.05) is 32.3 Å². The fourth-order valence-electron chi connectivity index (χ4n) is 2.24. The molecule has 1 aromatic rings. The van der Waals surface area contributed by atoms with Crippen LogP contribution in [0, 0.1) is 0 Å². The van der Waals surface area contributed by atoms with Crippen molar-refractivity contribution in [3.05, 3.63) is 34.9 Å². The maximum absolute atomic E-state index is 12.6. The van der Waals surface area contributed by atoms with Crippen LogP contribution in [-0.4, -0.2) is 57.4 Å². The molecule has 0 saturated carbocycles. The Morgan fingerprint density at radius 3 is 2.29 bits per heavy atom. The Hall–Kier alpha value is -1.83. The molecule has 134 valence electrons. The molecule has 7 nitrogen and oxygen atoms in total. The van der Waals surface area contributed by atoms with Crippen LogP contribution in [0.3, 0.4) is 0 Å². The Kier molecular flexibility index (Phi) is 9.14. The van der Waals surface area contributed by atoms with Gasteiger partial charge in [0.25, 0.3) is 0 Å². The third-order valence-corrected chi connectivity index (χ3v) is 3.80. The summed E-state index contributed by atoms with van der Waals surface area (Å²) in [6.45, 7) is 1.69. The third kappa shape index (κ3) is 6.74. The zero-order chi connectivity index (χ0) is 17.9. The topological polar surface area (TPSA) is 93.9 Å². The number of benzene rings is 1. The van der Waals surface area contributed by atoms with Crippen molar-refractivity contribution in [1.29, 1.82) is 0 Å². The molecule has 3 N–H and O–H groups in total. The van der Waals surface area contributed by atoms with Gasteiger partial charge in [-0.3, -0.25) is 4.79 Å². The number of nitrogens with one attached hydrogen (secondary N) is 1. The van der Waals surface area contributed by atoms with Crippen molar-refractivity contribution in [3.8, 4) is 0 Å². The molecule has 24 heavy (non-hydrogen) atoms. The molecule has 0 fully saturated rings. The number of carbonyl (C=O) groups excluding carboxylic acids is 2. The zero-order valence-corrected chi connectivity index (χ0v) is 14.7. The summed E-state index contributed by atoms with van der Waals surface area (Å²) in [5.41, 5.74) is 5.88. The van der Waals surface area contributed by atoms with E-state index in [0.717, 1.165) is 0 Å². The van der Waals surface area contributed by atoms with E-state index in [4.69, 9.17) is 26.8 Å². The molecule has 8 heteroatoms. The van der Waals surface area contributed by atoms with Gasteiger partial charge in [0.1, 0.15) is 0 Å². The highest BCUT2D eigenvalue weighted by Gasteiger charge is 2.23. The number of methoxy groups -OCH3 is 2. The van der Waals surface area contributed by atoms with E-state index in [1.54, 1.807) is 43.4 Å². The Morgan fingerprint density at radius 1 is 1.21 bits per heavy atom. The maximum Gasteiger partial charge on any atom is 0.312 e. The predicted molar refractivity (Wildman–Crippen MR) is 91.9 cm³/mol. The van der Waals surface area contributed by atoms with E-state index in [1.807, 2.05) is 0 Å². The number of amides is 3. The highest BCUT2D eigenvalue weighted by molar-refractivity contribution is 6.31. The molecule has 0 spiro atoms. The molecule has 1 atom stereocenters. The lowest BCUT2D eigenvalue weighted by atomic mass is 10.0. The van der Waals surface area contributed by atoms with E-state index < -0.39 is 12.1 Å². The number of urea groups is 1. The summed E-state index contributed by atoms with van der Waals surface area (Å²) in [5.74, 6) is -0.150. The van der Waals surface area contributed by atoms with Crippen LogP contribution in [0.5, 0.6) is 0 Å². The molecule has 0 aliphatic heterocycles. The lowest BCUT2D eigenvalue weighted by Gasteiger charge is -2.25. The van der Waals surface area contributed by atoms with Crippen molar-refractivity contribution >= 4 is 23.5 Å². The minimum absolute atomic E-state index is 0.0418. The minimum Gasteiger partial charge on any atom is -0.383 e. The highest BCUT2D eigenvalue weighted by atomic mass is 35.5. The number of hydrogen-bond acceptors (Lipinski definition) is 4. The highest BCUT2D eigenvalue weighted by Crippen LogP contribution is 2.25. The van der Waals surface area contributed by atoms with E-state index in [9.17, 15) is 9.59 Å². The molecule has 0 aromatic heterocycles. The van der Waals surface area contributed by atoms with Crippen molar-refractivity contribution in [2.75, 3.05) is 40.5 Å². The van der Waals surface area contributed by atoms with Gasteiger partial charge in [-0.1, -0.05) is 29.8 Å². The standard InChI is InChI=1S/C16H24ClN3O4/c1-23-9-7-20(8-10-24-2)15(21)11-14(19-16(18)22)12-5-3-4-6-13(12)17/h3-6,14H,7-11H2,1-2H3,(H3,18,19,22). The van der Waals surface area contributed by atoms with Crippen LogP contribution < -0.4 is 11.1 Å². The van der Waals surface area contributed by atoms with Crippen LogP contribution in [0.1, 0.15) is 18.0 Å². The van der Waals surface area contributed by atoms with Gasteiger partial charge < -0.3 is 25.4 Å². The van der Waals surface area contributed by atoms with Gasteiger partial charge >= 0.3 is 6.03 Å². The van der Waals surface area contributed by atoms with Gasteiger partial charge in [-0.05, 0) is 11.6 Å². The molecule has 0 aliphatic carbocycles. The number of hydrogen-bond donors (Lipinski definition) is 2. The van der Waals surface area contributed by atoms with Gasteiger partial charge in [0.2, 0.25) is 5.91 Å². The second-order valence-corrected chi connectivity index (χ2v) is 5.56. The van der Waals surface area contributed by atoms with E-state index in [-0.39, 0.29) is 12.3 Å². The van der Waals surface area contributed by atoms with Crippen molar-refractivity contribution in [2.45, 2.75) is 12.5 Å². The number of primary amides is 1. The molecule has 3 amide bonds. The van der Waals surface area contributed by atoms with Gasteiger partial charge in [-0.25, -0.2) is 4.79 Å². The first-order valence-corrected chi connectivity index (χ1v) is 7.93. The maximum atomic E-state index is 12.6. The second-order valence-electron chi connectivity index (χ2n) is 5.15. The first-order chi connectivity index (χ1) is 11.5. The first-order valence-electron chi connectivity index (χ1n) is 7.55. The van der Waals surface area contributed by atoms with E-state index >= 15 is 0 Å². The number of ether oxygens (including phenoxy) is 2. The van der Waals surface area contributed by atoms with Crippen molar-refractivity contribution in [1.82, 2.24) is 10.2 Å². The summed E-state index contributed by atoms with van der Waals surface area (Å²) in [6, 6.07) is 5.70. The second kappa shape index (κ2) is 10.9. The average molecular weight is 358 g/mol. The number of carbonyl (C=O) groups is 2. The van der Waals surface area contributed by atoms with E-state index in [2.05, 4.69) is 5.32 Å². The fourth-order valence-corrected chi connectivity index (χ4v) is 2.50. The first kappa shape index (κ1) is 20.2. The molecule has 1 unspecified atom stereocenters. The Labute approximate surface area is 147 Å². The van der Waals surface area contributed by atoms with Crippen LogP contribution in [0.2, 0.25) is 5.02 Å². The van der Waals surface area contributed by atoms with Crippen LogP contribution in [0.25, 0.3) is 0 Å². The summed E-state index contributed by atoms with van der Waals surface area (Å²) in [6.07, 6.45) is 0.0418. The minimum atomic E-state index is -0.715. The van der Waals surface area contributed by atoms with E-state index in [1.165, 1.54) is 0 Å². The van der Waals surface area contributed by atoms with Crippen molar-refractivity contribution in [3.63, 3.8) is 0 Å². The van der Waals surface area contributed by atoms with Crippen LogP contribution in [0.15, 0.2) is 24.3 Å². The van der Waals surface area contributed by atoms with Gasteiger partial charge in [-0.2, -0.15) is 0 Å². The molecule has 0 bridgehead atoms. The van der Waals surface area contributed by atoms with Crippen molar-refractivity contribution < 1.29 is 19.1 Å². The molecule has 0 radical (unpaired) electrons. The lowest BCUT2D eigenvalue weighted by Crippen LogP contribution is -2.40. The number of nitrogens with zero attached hydrogens (tertiary/aromatic N) is 1. The normalized spacial score (nSPS) is 11.8. The molecule has 1 rings (SSSR count). The number of nitrogens with two attached hydrogens (primary N) is 1. The Bertz CT molecular complexity index is 534. The molecular formula is C16H24ClN3O4.